The fraction of sp³-hybridized carbons (Fsp3) is 0.500. The van der Waals surface area contributed by atoms with Gasteiger partial charge < -0.3 is 0 Å². The number of hydrogen-bond acceptors (Lipinski definition) is 1. The first kappa shape index (κ1) is 2.52. The molecule has 38 valence electrons. The van der Waals surface area contributed by atoms with Crippen LogP contribution in [0.4, 0.5) is 0 Å². The van der Waals surface area contributed by atoms with Crippen LogP contribution in [0.3, 0.4) is 0 Å². The predicted octanol–water partition coefficient (Wildman–Crippen LogP) is 1.87. The van der Waals surface area contributed by atoms with Crippen LogP contribution >= 0.6 is 0 Å². The van der Waals surface area contributed by atoms with Crippen molar-refractivity contribution in [2.75, 3.05) is 0 Å². The maximum atomic E-state index is 8.07. The summed E-state index contributed by atoms with van der Waals surface area (Å²) in [4.78, 5) is 0. The molecule has 0 radical (unpaired) electrons. The minimum Gasteiger partial charge on any atom is -0.198 e. The van der Waals surface area contributed by atoms with E-state index in [-0.39, 0.29) is 0 Å². The van der Waals surface area contributed by atoms with Crippen LogP contribution < -0.4 is 0 Å². The Hall–Kier alpha value is -0.770. The van der Waals surface area contributed by atoms with Gasteiger partial charge in [-0.1, -0.05) is 12.2 Å². The van der Waals surface area contributed by atoms with Gasteiger partial charge in [-0.05, 0) is 13.3 Å². The molecule has 0 aromatic heterocycles. The van der Waals surface area contributed by atoms with Gasteiger partial charge in [0.15, 0.2) is 0 Å². The lowest BCUT2D eigenvalue weighted by molar-refractivity contribution is 1.06. The summed E-state index contributed by atoms with van der Waals surface area (Å²) < 4.78 is 20.2. The first-order valence-corrected chi connectivity index (χ1v) is 2.11. The second-order valence-electron chi connectivity index (χ2n) is 1.10. The summed E-state index contributed by atoms with van der Waals surface area (Å²) in [6.45, 7) is -1.99. The molecule has 7 heavy (non-hydrogen) atoms. The molecule has 0 rings (SSSR count). The summed E-state index contributed by atoms with van der Waals surface area (Å²) in [5.41, 5.74) is 0. The molecule has 0 atom stereocenters. The van der Waals surface area contributed by atoms with Crippen molar-refractivity contribution in [2.45, 2.75) is 19.7 Å². The number of unbranched alkanes of at least 4 members (excludes halogenated alkanes) is 1. The van der Waals surface area contributed by atoms with Gasteiger partial charge in [0.05, 0.1) is 6.07 Å². The Labute approximate surface area is 48.5 Å². The van der Waals surface area contributed by atoms with E-state index in [0.29, 0.717) is 12.8 Å². The lowest BCUT2D eigenvalue weighted by Crippen LogP contribution is -1.59. The number of nitrogens with zero attached hydrogens (tertiary/aromatic N) is 1. The van der Waals surface area contributed by atoms with Crippen molar-refractivity contribution in [3.05, 3.63) is 12.2 Å². The van der Waals surface area contributed by atoms with E-state index >= 15 is 0 Å². The molecule has 0 N–H and O–H groups in total. The van der Waals surface area contributed by atoms with Crippen molar-refractivity contribution in [3.63, 3.8) is 0 Å². The second-order valence-corrected chi connectivity index (χ2v) is 1.10. The first-order chi connectivity index (χ1) is 4.56. The van der Waals surface area contributed by atoms with Gasteiger partial charge in [0.1, 0.15) is 0 Å². The number of nitriles is 1. The standard InChI is InChI=1S/C6H9N/c1-2-3-4-5-6-7/h2-3H,4-5H2,1H3/b3-2-/i1D3. The monoisotopic (exact) mass is 98.1 g/mol. The van der Waals surface area contributed by atoms with Crippen molar-refractivity contribution >= 4 is 0 Å². The van der Waals surface area contributed by atoms with Gasteiger partial charge >= 0.3 is 0 Å². The fourth-order valence-corrected chi connectivity index (χ4v) is 0.231. The van der Waals surface area contributed by atoms with E-state index in [1.807, 2.05) is 6.07 Å². The molecule has 0 aliphatic carbocycles. The summed E-state index contributed by atoms with van der Waals surface area (Å²) >= 11 is 0. The third-order valence-corrected chi connectivity index (χ3v) is 0.541. The molecule has 0 saturated heterocycles. The molecule has 0 bridgehead atoms. The van der Waals surface area contributed by atoms with Crippen LogP contribution in [-0.2, 0) is 0 Å². The molecule has 0 fully saturated rings. The largest absolute Gasteiger partial charge is 0.198 e. The zero-order chi connectivity index (χ0) is 8.04. The highest BCUT2D eigenvalue weighted by Gasteiger charge is 1.71. The average Bonchev–Trinajstić information content (AvgIpc) is 1.78. The maximum absolute atomic E-state index is 8.07. The van der Waals surface area contributed by atoms with Gasteiger partial charge in [0, 0.05) is 10.5 Å². The van der Waals surface area contributed by atoms with E-state index in [1.165, 1.54) is 6.08 Å². The quantitative estimate of drug-likeness (QED) is 0.382. The Bertz CT molecular complexity index is 151. The Balaban J connectivity index is 3.49. The minimum absolute atomic E-state index is 0.382. The van der Waals surface area contributed by atoms with E-state index < -0.39 is 6.85 Å². The van der Waals surface area contributed by atoms with Crippen LogP contribution in [0.1, 0.15) is 23.8 Å². The van der Waals surface area contributed by atoms with Gasteiger partial charge in [-0.15, -0.1) is 0 Å². The molecule has 0 unspecified atom stereocenters. The molecule has 1 nitrogen and oxygen atoms in total. The molecule has 0 amide bonds. The van der Waals surface area contributed by atoms with E-state index in [0.717, 1.165) is 6.08 Å². The molecule has 0 aromatic rings. The van der Waals surface area contributed by atoms with Crippen molar-refractivity contribution in [1.82, 2.24) is 0 Å². The zero-order valence-corrected chi connectivity index (χ0v) is 4.02. The molecule has 0 heterocycles. The number of allylic oxidation sites excluding steroid dienone is 2. The van der Waals surface area contributed by atoms with E-state index in [4.69, 9.17) is 9.37 Å². The molecule has 0 aliphatic heterocycles. The lowest BCUT2D eigenvalue weighted by atomic mass is 10.3. The van der Waals surface area contributed by atoms with Crippen LogP contribution in [0.5, 0.6) is 0 Å². The highest BCUT2D eigenvalue weighted by Crippen LogP contribution is 1.85. The van der Waals surface area contributed by atoms with Crippen molar-refractivity contribution < 1.29 is 4.11 Å². The molecule has 0 aromatic carbocycles. The number of rotatable bonds is 2. The smallest absolute Gasteiger partial charge is 0.0624 e. The topological polar surface area (TPSA) is 23.8 Å². The van der Waals surface area contributed by atoms with Crippen molar-refractivity contribution in [1.29, 1.82) is 5.26 Å². The van der Waals surface area contributed by atoms with E-state index in [1.54, 1.807) is 0 Å². The SMILES string of the molecule is [2H]C([2H])([2H])/C=C\CCC#N. The maximum Gasteiger partial charge on any atom is 0.0624 e. The van der Waals surface area contributed by atoms with E-state index in [2.05, 4.69) is 0 Å². The first-order valence-electron chi connectivity index (χ1n) is 3.61. The third-order valence-electron chi connectivity index (χ3n) is 0.541. The van der Waals surface area contributed by atoms with E-state index in [9.17, 15) is 0 Å². The molecule has 0 spiro atoms. The Morgan fingerprint density at radius 1 is 2.00 bits per heavy atom. The van der Waals surface area contributed by atoms with Crippen LogP contribution in [0.2, 0.25) is 0 Å². The van der Waals surface area contributed by atoms with Crippen LogP contribution in [0.15, 0.2) is 12.2 Å². The summed E-state index contributed by atoms with van der Waals surface area (Å²) in [5.74, 6) is 0. The summed E-state index contributed by atoms with van der Waals surface area (Å²) in [7, 11) is 0. The molecule has 0 saturated carbocycles. The van der Waals surface area contributed by atoms with Crippen LogP contribution in [0, 0.1) is 11.3 Å². The average molecular weight is 98.2 g/mol. The normalized spacial score (nSPS) is 17.3. The lowest BCUT2D eigenvalue weighted by Gasteiger charge is -1.74. The Morgan fingerprint density at radius 2 is 2.86 bits per heavy atom. The minimum atomic E-state index is -1.99. The van der Waals surface area contributed by atoms with Gasteiger partial charge in [-0.2, -0.15) is 5.26 Å². The van der Waals surface area contributed by atoms with Crippen LogP contribution in [-0.4, -0.2) is 0 Å². The van der Waals surface area contributed by atoms with Gasteiger partial charge in [-0.3, -0.25) is 0 Å². The molecule has 1 heteroatoms. The highest BCUT2D eigenvalue weighted by molar-refractivity contribution is 4.82. The Morgan fingerprint density at radius 3 is 3.43 bits per heavy atom. The Kier molecular flexibility index (Phi) is 1.88. The molecular formula is C6H9N. The van der Waals surface area contributed by atoms with Crippen LogP contribution in [0.25, 0.3) is 0 Å². The fourth-order valence-electron chi connectivity index (χ4n) is 0.231. The highest BCUT2D eigenvalue weighted by atomic mass is 14.2. The van der Waals surface area contributed by atoms with Gasteiger partial charge in [0.25, 0.3) is 0 Å². The van der Waals surface area contributed by atoms with Gasteiger partial charge in [0.2, 0.25) is 0 Å². The third kappa shape index (κ3) is 5.23. The zero-order valence-electron chi connectivity index (χ0n) is 7.02. The molecular weight excluding hydrogens is 86.1 g/mol. The molecule has 0 aliphatic rings. The number of hydrogen-bond donors (Lipinski definition) is 0. The summed E-state index contributed by atoms with van der Waals surface area (Å²) in [5, 5.41) is 8.07. The van der Waals surface area contributed by atoms with Gasteiger partial charge in [-0.25, -0.2) is 0 Å². The second kappa shape index (κ2) is 5.23. The van der Waals surface area contributed by atoms with Crippen molar-refractivity contribution in [3.8, 4) is 6.07 Å². The summed E-state index contributed by atoms with van der Waals surface area (Å²) in [6, 6.07) is 1.92. The predicted molar refractivity (Wildman–Crippen MR) is 29.7 cm³/mol. The summed E-state index contributed by atoms with van der Waals surface area (Å²) in [6.07, 6.45) is 3.56. The van der Waals surface area contributed by atoms with Crippen molar-refractivity contribution in [2.24, 2.45) is 0 Å².